The second kappa shape index (κ2) is 8.82. The Kier molecular flexibility index (Phi) is 7.47. The minimum atomic E-state index is -1.93. The summed E-state index contributed by atoms with van der Waals surface area (Å²) < 4.78 is -3.87. The van der Waals surface area contributed by atoms with Crippen LogP contribution >= 0.6 is 81.2 Å². The standard InChI is InChI=1S/C14H9Cl7N4O/c15-6-5-9(26)22-8-3-1-7(2-4-8)10-23-11(13(16,17)18)25-12(24-10)14(19,20)21/h1-4H,5-6H2,(H,22,26). The zero-order chi connectivity index (χ0) is 19.5. The Hall–Kier alpha value is -0.270. The summed E-state index contributed by atoms with van der Waals surface area (Å²) in [6.07, 6.45) is 0.204. The smallest absolute Gasteiger partial charge is 0.250 e. The molecule has 12 heteroatoms. The zero-order valence-electron chi connectivity index (χ0n) is 12.6. The van der Waals surface area contributed by atoms with E-state index >= 15 is 0 Å². The van der Waals surface area contributed by atoms with E-state index < -0.39 is 7.59 Å². The van der Waals surface area contributed by atoms with Gasteiger partial charge in [0.1, 0.15) is 0 Å². The number of benzene rings is 1. The van der Waals surface area contributed by atoms with Crippen LogP contribution < -0.4 is 5.32 Å². The van der Waals surface area contributed by atoms with Gasteiger partial charge in [0.2, 0.25) is 13.5 Å². The predicted octanol–water partition coefficient (Wildman–Crippen LogP) is 5.76. The number of hydrogen-bond donors (Lipinski definition) is 1. The molecule has 1 heterocycles. The number of aromatic nitrogens is 3. The number of anilines is 1. The summed E-state index contributed by atoms with van der Waals surface area (Å²) in [7, 11) is 0. The molecule has 2 rings (SSSR count). The zero-order valence-corrected chi connectivity index (χ0v) is 17.9. The Morgan fingerprint density at radius 2 is 1.38 bits per heavy atom. The molecule has 1 aromatic heterocycles. The summed E-state index contributed by atoms with van der Waals surface area (Å²) >= 11 is 40.6. The lowest BCUT2D eigenvalue weighted by molar-refractivity contribution is -0.115. The molecule has 1 N–H and O–H groups in total. The van der Waals surface area contributed by atoms with Gasteiger partial charge < -0.3 is 5.32 Å². The molecule has 0 saturated heterocycles. The van der Waals surface area contributed by atoms with Crippen LogP contribution in [0, 0.1) is 0 Å². The summed E-state index contributed by atoms with van der Waals surface area (Å²) in [6.45, 7) is 0. The molecule has 0 fully saturated rings. The fraction of sp³-hybridized carbons (Fsp3) is 0.286. The molecule has 0 radical (unpaired) electrons. The maximum absolute atomic E-state index is 11.6. The monoisotopic (exact) mass is 494 g/mol. The lowest BCUT2D eigenvalue weighted by Gasteiger charge is -2.15. The number of alkyl halides is 7. The summed E-state index contributed by atoms with van der Waals surface area (Å²) in [5.74, 6) is -0.207. The molecule has 0 bridgehead atoms. The number of nitrogens with zero attached hydrogens (tertiary/aromatic N) is 3. The molecule has 0 aliphatic carbocycles. The quantitative estimate of drug-likeness (QED) is 0.546. The molecule has 1 amide bonds. The van der Waals surface area contributed by atoms with Crippen molar-refractivity contribution < 1.29 is 4.79 Å². The van der Waals surface area contributed by atoms with Crippen LogP contribution in [0.25, 0.3) is 11.4 Å². The van der Waals surface area contributed by atoms with Crippen LogP contribution in [0.15, 0.2) is 24.3 Å². The highest BCUT2D eigenvalue weighted by atomic mass is 35.6. The molecule has 0 aliphatic heterocycles. The second-order valence-corrected chi connectivity index (χ2v) is 9.81. The third kappa shape index (κ3) is 6.13. The summed E-state index contributed by atoms with van der Waals surface area (Å²) in [5, 5.41) is 2.69. The minimum Gasteiger partial charge on any atom is -0.326 e. The molecule has 0 aliphatic rings. The van der Waals surface area contributed by atoms with E-state index in [0.717, 1.165) is 0 Å². The fourth-order valence-corrected chi connectivity index (χ4v) is 2.45. The van der Waals surface area contributed by atoms with Gasteiger partial charge in [-0.15, -0.1) is 11.6 Å². The van der Waals surface area contributed by atoms with Crippen molar-refractivity contribution in [2.45, 2.75) is 14.0 Å². The topological polar surface area (TPSA) is 67.8 Å². The molecule has 0 atom stereocenters. The highest BCUT2D eigenvalue weighted by Gasteiger charge is 2.34. The van der Waals surface area contributed by atoms with Crippen molar-refractivity contribution in [2.24, 2.45) is 0 Å². The van der Waals surface area contributed by atoms with Crippen molar-refractivity contribution in [3.63, 3.8) is 0 Å². The maximum Gasteiger partial charge on any atom is 0.250 e. The van der Waals surface area contributed by atoms with Crippen molar-refractivity contribution in [1.29, 1.82) is 0 Å². The Morgan fingerprint density at radius 3 is 1.81 bits per heavy atom. The molecule has 2 aromatic rings. The number of carbonyl (C=O) groups is 1. The van der Waals surface area contributed by atoms with Crippen LogP contribution in [-0.4, -0.2) is 26.7 Å². The number of rotatable bonds is 4. The van der Waals surface area contributed by atoms with Crippen molar-refractivity contribution in [3.05, 3.63) is 35.9 Å². The first-order valence-corrected chi connectivity index (χ1v) is 9.67. The van der Waals surface area contributed by atoms with Crippen LogP contribution in [0.2, 0.25) is 0 Å². The van der Waals surface area contributed by atoms with Crippen molar-refractivity contribution in [1.82, 2.24) is 15.0 Å². The first-order valence-electron chi connectivity index (χ1n) is 6.87. The molecule has 1 aromatic carbocycles. The van der Waals surface area contributed by atoms with Crippen molar-refractivity contribution >= 4 is 92.8 Å². The number of amides is 1. The van der Waals surface area contributed by atoms with Gasteiger partial charge >= 0.3 is 0 Å². The Morgan fingerprint density at radius 1 is 0.885 bits per heavy atom. The average molecular weight is 497 g/mol. The van der Waals surface area contributed by atoms with Crippen LogP contribution in [-0.2, 0) is 12.4 Å². The van der Waals surface area contributed by atoms with Gasteiger partial charge in [0.25, 0.3) is 0 Å². The van der Waals surface area contributed by atoms with Gasteiger partial charge in [0.15, 0.2) is 17.5 Å². The van der Waals surface area contributed by atoms with Gasteiger partial charge in [-0.25, -0.2) is 15.0 Å². The van der Waals surface area contributed by atoms with Crippen LogP contribution in [0.1, 0.15) is 18.1 Å². The van der Waals surface area contributed by atoms with E-state index in [4.69, 9.17) is 81.2 Å². The van der Waals surface area contributed by atoms with Gasteiger partial charge in [-0.05, 0) is 24.3 Å². The van der Waals surface area contributed by atoms with E-state index in [9.17, 15) is 4.79 Å². The molecule has 140 valence electrons. The molecule has 5 nitrogen and oxygen atoms in total. The number of halogens is 7. The van der Waals surface area contributed by atoms with Crippen LogP contribution in [0.4, 0.5) is 5.69 Å². The molecule has 26 heavy (non-hydrogen) atoms. The minimum absolute atomic E-state index is 0.140. The molecule has 0 unspecified atom stereocenters. The van der Waals surface area contributed by atoms with E-state index in [1.54, 1.807) is 24.3 Å². The highest BCUT2D eigenvalue weighted by molar-refractivity contribution is 6.67. The predicted molar refractivity (Wildman–Crippen MR) is 108 cm³/mol. The largest absolute Gasteiger partial charge is 0.326 e. The summed E-state index contributed by atoms with van der Waals surface area (Å²) in [4.78, 5) is 23.7. The van der Waals surface area contributed by atoms with E-state index in [0.29, 0.717) is 11.3 Å². The SMILES string of the molecule is O=C(CCCl)Nc1ccc(-c2nc(C(Cl)(Cl)Cl)nc(C(Cl)(Cl)Cl)n2)cc1. The van der Waals surface area contributed by atoms with Crippen molar-refractivity contribution in [3.8, 4) is 11.4 Å². The fourth-order valence-electron chi connectivity index (χ4n) is 1.77. The van der Waals surface area contributed by atoms with Gasteiger partial charge in [-0.3, -0.25) is 4.79 Å². The van der Waals surface area contributed by atoms with Gasteiger partial charge in [0.05, 0.1) is 0 Å². The van der Waals surface area contributed by atoms with E-state index in [2.05, 4.69) is 20.3 Å². The maximum atomic E-state index is 11.6. The average Bonchev–Trinajstić information content (AvgIpc) is 2.53. The Labute approximate surface area is 184 Å². The number of nitrogens with one attached hydrogen (secondary N) is 1. The van der Waals surface area contributed by atoms with E-state index in [-0.39, 0.29) is 35.7 Å². The van der Waals surface area contributed by atoms with E-state index in [1.807, 2.05) is 0 Å². The Bertz CT molecular complexity index is 755. The lowest BCUT2D eigenvalue weighted by Crippen LogP contribution is -2.16. The van der Waals surface area contributed by atoms with Gasteiger partial charge in [0, 0.05) is 23.6 Å². The molecule has 0 spiro atoms. The second-order valence-electron chi connectivity index (χ2n) is 4.87. The third-order valence-corrected chi connectivity index (χ3v) is 4.09. The summed E-state index contributed by atoms with van der Waals surface area (Å²) in [6, 6.07) is 6.59. The van der Waals surface area contributed by atoms with Gasteiger partial charge in [-0.2, -0.15) is 0 Å². The molecule has 0 saturated carbocycles. The third-order valence-electron chi connectivity index (χ3n) is 2.89. The first kappa shape index (κ1) is 22.0. The number of carbonyl (C=O) groups excluding carboxylic acids is 1. The van der Waals surface area contributed by atoms with Crippen LogP contribution in [0.3, 0.4) is 0 Å². The molecular formula is C14H9Cl7N4O. The van der Waals surface area contributed by atoms with Crippen molar-refractivity contribution in [2.75, 3.05) is 11.2 Å². The molecular weight excluding hydrogens is 488 g/mol. The van der Waals surface area contributed by atoms with E-state index in [1.165, 1.54) is 0 Å². The highest BCUT2D eigenvalue weighted by Crippen LogP contribution is 2.40. The first-order chi connectivity index (χ1) is 12.0. The van der Waals surface area contributed by atoms with Crippen LogP contribution in [0.5, 0.6) is 0 Å². The van der Waals surface area contributed by atoms with Gasteiger partial charge in [-0.1, -0.05) is 69.6 Å². The number of hydrogen-bond acceptors (Lipinski definition) is 4. The summed E-state index contributed by atoms with van der Waals surface area (Å²) in [5.41, 5.74) is 1.11. The lowest BCUT2D eigenvalue weighted by atomic mass is 10.2. The normalized spacial score (nSPS) is 12.1. The Balaban J connectivity index is 2.39.